The number of benzene rings is 2. The molecule has 23 heavy (non-hydrogen) atoms. The fourth-order valence-electron chi connectivity index (χ4n) is 2.55. The van der Waals surface area contributed by atoms with Crippen molar-refractivity contribution in [1.29, 1.82) is 0 Å². The molecule has 1 heterocycles. The first kappa shape index (κ1) is 15.3. The van der Waals surface area contributed by atoms with Gasteiger partial charge in [0, 0.05) is 10.8 Å². The smallest absolute Gasteiger partial charge is 0.321 e. The predicted octanol–water partition coefficient (Wildman–Crippen LogP) is 4.34. The fourth-order valence-corrected chi connectivity index (χ4v) is 2.62. The summed E-state index contributed by atoms with van der Waals surface area (Å²) < 4.78 is 10.8. The van der Waals surface area contributed by atoms with Gasteiger partial charge >= 0.3 is 5.97 Å². The van der Waals surface area contributed by atoms with Gasteiger partial charge in [-0.2, -0.15) is 0 Å². The number of nitrogens with zero attached hydrogens (tertiary/aromatic N) is 1. The highest BCUT2D eigenvalue weighted by atomic mass is 35.5. The van der Waals surface area contributed by atoms with Gasteiger partial charge in [-0.1, -0.05) is 18.2 Å². The molecule has 6 nitrogen and oxygen atoms in total. The summed E-state index contributed by atoms with van der Waals surface area (Å²) in [7, 11) is 0. The Morgan fingerprint density at radius 2 is 2.04 bits per heavy atom. The van der Waals surface area contributed by atoms with E-state index in [0.29, 0.717) is 16.7 Å². The molecule has 118 valence electrons. The number of ether oxygens (including phenoxy) is 1. The van der Waals surface area contributed by atoms with Crippen molar-refractivity contribution < 1.29 is 18.9 Å². The molecule has 0 aliphatic rings. The molecular weight excluding hydrogens is 322 g/mol. The number of furan rings is 1. The molecular formula is C16H12ClNO5. The van der Waals surface area contributed by atoms with Gasteiger partial charge in [-0.05, 0) is 19.1 Å². The first-order valence-electron chi connectivity index (χ1n) is 6.86. The number of fused-ring (bicyclic) bond motifs is 3. The van der Waals surface area contributed by atoms with E-state index in [1.807, 2.05) is 18.2 Å². The zero-order valence-corrected chi connectivity index (χ0v) is 12.9. The lowest BCUT2D eigenvalue weighted by Crippen LogP contribution is -2.11. The number of nitro groups is 1. The van der Waals surface area contributed by atoms with Crippen LogP contribution in [0.5, 0.6) is 0 Å². The Balaban J connectivity index is 2.21. The van der Waals surface area contributed by atoms with Crippen LogP contribution in [0.3, 0.4) is 0 Å². The number of nitro benzene ring substituents is 1. The summed E-state index contributed by atoms with van der Waals surface area (Å²) in [5, 5.41) is 12.9. The number of esters is 1. The van der Waals surface area contributed by atoms with Crippen molar-refractivity contribution in [3.05, 3.63) is 52.1 Å². The lowest BCUT2D eigenvalue weighted by atomic mass is 10.0. The summed E-state index contributed by atoms with van der Waals surface area (Å²) >= 11 is 5.42. The molecule has 3 aromatic rings. The van der Waals surface area contributed by atoms with Crippen LogP contribution in [0.15, 0.2) is 40.8 Å². The van der Waals surface area contributed by atoms with Gasteiger partial charge < -0.3 is 9.15 Å². The number of carbonyl (C=O) groups is 1. The van der Waals surface area contributed by atoms with Crippen molar-refractivity contribution in [3.8, 4) is 0 Å². The number of halogens is 1. The molecule has 1 atom stereocenters. The zero-order chi connectivity index (χ0) is 16.6. The fraction of sp³-hybridized carbons (Fsp3) is 0.188. The van der Waals surface area contributed by atoms with Crippen molar-refractivity contribution >= 4 is 45.2 Å². The maximum absolute atomic E-state index is 11.4. The molecule has 0 bridgehead atoms. The molecule has 3 rings (SSSR count). The summed E-state index contributed by atoms with van der Waals surface area (Å²) in [5.74, 6) is -0.944. The maximum atomic E-state index is 11.4. The van der Waals surface area contributed by atoms with Gasteiger partial charge in [-0.25, -0.2) is 0 Å². The van der Waals surface area contributed by atoms with Crippen LogP contribution in [0.25, 0.3) is 21.9 Å². The molecule has 0 radical (unpaired) electrons. The normalized spacial score (nSPS) is 12.4. The van der Waals surface area contributed by atoms with Crippen molar-refractivity contribution in [1.82, 2.24) is 0 Å². The van der Waals surface area contributed by atoms with Crippen LogP contribution in [-0.2, 0) is 9.53 Å². The Morgan fingerprint density at radius 3 is 2.74 bits per heavy atom. The number of hydrogen-bond donors (Lipinski definition) is 0. The van der Waals surface area contributed by atoms with Crippen LogP contribution >= 0.6 is 11.6 Å². The minimum atomic E-state index is -0.792. The first-order valence-corrected chi connectivity index (χ1v) is 7.39. The average molecular weight is 334 g/mol. The highest BCUT2D eigenvalue weighted by Gasteiger charge is 2.24. The highest BCUT2D eigenvalue weighted by molar-refractivity contribution is 6.26. The summed E-state index contributed by atoms with van der Waals surface area (Å²) in [5.41, 5.74) is 1.19. The van der Waals surface area contributed by atoms with E-state index in [0.717, 1.165) is 10.8 Å². The number of para-hydroxylation sites is 1. The van der Waals surface area contributed by atoms with E-state index in [1.165, 1.54) is 6.07 Å². The Kier molecular flexibility index (Phi) is 3.92. The summed E-state index contributed by atoms with van der Waals surface area (Å²) in [6, 6.07) is 10.3. The van der Waals surface area contributed by atoms with Gasteiger partial charge in [0.1, 0.15) is 23.2 Å². The number of alkyl halides is 1. The van der Waals surface area contributed by atoms with Crippen LogP contribution in [0.1, 0.15) is 18.6 Å². The van der Waals surface area contributed by atoms with E-state index < -0.39 is 17.0 Å². The monoisotopic (exact) mass is 333 g/mol. The SMILES string of the molecule is CC(OC(=O)CCl)c1cc2c(cc1[N+](=O)[O-])oc1ccccc12. The third-order valence-electron chi connectivity index (χ3n) is 3.58. The van der Waals surface area contributed by atoms with Crippen LogP contribution in [0, 0.1) is 10.1 Å². The maximum Gasteiger partial charge on any atom is 0.321 e. The van der Waals surface area contributed by atoms with E-state index in [1.54, 1.807) is 19.1 Å². The molecule has 0 aliphatic carbocycles. The molecule has 1 aromatic heterocycles. The molecule has 0 N–H and O–H groups in total. The van der Waals surface area contributed by atoms with E-state index in [9.17, 15) is 14.9 Å². The van der Waals surface area contributed by atoms with Crippen molar-refractivity contribution in [2.24, 2.45) is 0 Å². The van der Waals surface area contributed by atoms with E-state index in [4.69, 9.17) is 20.8 Å². The molecule has 2 aromatic carbocycles. The minimum absolute atomic E-state index is 0.161. The van der Waals surface area contributed by atoms with Gasteiger partial charge in [-0.15, -0.1) is 11.6 Å². The molecule has 0 saturated heterocycles. The standard InChI is InChI=1S/C16H12ClNO5/c1-9(22-16(19)8-17)11-6-12-10-4-2-3-5-14(10)23-15(12)7-13(11)18(20)21/h2-7,9H,8H2,1H3. The summed E-state index contributed by atoms with van der Waals surface area (Å²) in [6.45, 7) is 1.57. The van der Waals surface area contributed by atoms with E-state index in [-0.39, 0.29) is 11.6 Å². The second-order valence-corrected chi connectivity index (χ2v) is 5.30. The molecule has 1 unspecified atom stereocenters. The van der Waals surface area contributed by atoms with Crippen molar-refractivity contribution in [3.63, 3.8) is 0 Å². The molecule has 0 fully saturated rings. The molecule has 7 heteroatoms. The topological polar surface area (TPSA) is 82.6 Å². The third kappa shape index (κ3) is 2.73. The highest BCUT2D eigenvalue weighted by Crippen LogP contribution is 2.36. The largest absolute Gasteiger partial charge is 0.457 e. The van der Waals surface area contributed by atoms with Crippen LogP contribution in [0.4, 0.5) is 5.69 Å². The molecule has 0 spiro atoms. The zero-order valence-electron chi connectivity index (χ0n) is 12.1. The Bertz CT molecular complexity index is 917. The molecule has 0 amide bonds. The predicted molar refractivity (Wildman–Crippen MR) is 85.6 cm³/mol. The van der Waals surface area contributed by atoms with Gasteiger partial charge in [0.15, 0.2) is 0 Å². The van der Waals surface area contributed by atoms with Crippen LogP contribution in [-0.4, -0.2) is 16.8 Å². The summed E-state index contributed by atoms with van der Waals surface area (Å²) in [6.07, 6.45) is -0.792. The molecule has 0 aliphatic heterocycles. The lowest BCUT2D eigenvalue weighted by molar-refractivity contribution is -0.386. The van der Waals surface area contributed by atoms with Gasteiger partial charge in [-0.3, -0.25) is 14.9 Å². The van der Waals surface area contributed by atoms with Crippen LogP contribution < -0.4 is 0 Å². The average Bonchev–Trinajstić information content (AvgIpc) is 2.91. The van der Waals surface area contributed by atoms with Crippen molar-refractivity contribution in [2.45, 2.75) is 13.0 Å². The lowest BCUT2D eigenvalue weighted by Gasteiger charge is -2.13. The Morgan fingerprint density at radius 1 is 1.30 bits per heavy atom. The third-order valence-corrected chi connectivity index (χ3v) is 3.80. The second kappa shape index (κ2) is 5.89. The Hall–Kier alpha value is -2.60. The minimum Gasteiger partial charge on any atom is -0.457 e. The quantitative estimate of drug-likeness (QED) is 0.307. The van der Waals surface area contributed by atoms with Gasteiger partial charge in [0.2, 0.25) is 0 Å². The van der Waals surface area contributed by atoms with E-state index >= 15 is 0 Å². The molecule has 0 saturated carbocycles. The number of rotatable bonds is 4. The Labute approximate surface area is 135 Å². The second-order valence-electron chi connectivity index (χ2n) is 5.03. The number of hydrogen-bond acceptors (Lipinski definition) is 5. The van der Waals surface area contributed by atoms with Crippen molar-refractivity contribution in [2.75, 3.05) is 5.88 Å². The first-order chi connectivity index (χ1) is 11.0. The van der Waals surface area contributed by atoms with Gasteiger partial charge in [0.05, 0.1) is 16.6 Å². The van der Waals surface area contributed by atoms with Crippen LogP contribution in [0.2, 0.25) is 0 Å². The summed E-state index contributed by atoms with van der Waals surface area (Å²) in [4.78, 5) is 22.2. The van der Waals surface area contributed by atoms with Gasteiger partial charge in [0.25, 0.3) is 5.69 Å². The van der Waals surface area contributed by atoms with E-state index in [2.05, 4.69) is 0 Å². The number of carbonyl (C=O) groups excluding carboxylic acids is 1.